The molecule has 234 valence electrons. The summed E-state index contributed by atoms with van der Waals surface area (Å²) in [4.78, 5) is 42.0. The van der Waals surface area contributed by atoms with Crippen LogP contribution in [0.3, 0.4) is 0 Å². The lowest BCUT2D eigenvalue weighted by atomic mass is 9.84. The number of amides is 3. The highest BCUT2D eigenvalue weighted by molar-refractivity contribution is 5.95. The molecular weight excluding hydrogens is 544 g/mol. The first kappa shape index (κ1) is 33.8. The zero-order chi connectivity index (χ0) is 31.5. The monoisotopic (exact) mass is 592 g/mol. The molecule has 3 unspecified atom stereocenters. The Balaban J connectivity index is 1.79. The van der Waals surface area contributed by atoms with Crippen molar-refractivity contribution in [1.29, 1.82) is 0 Å². The highest BCUT2D eigenvalue weighted by Crippen LogP contribution is 2.31. The Morgan fingerprint density at radius 3 is 2.65 bits per heavy atom. The number of fused-ring (bicyclic) bond motifs is 3. The average molecular weight is 593 g/mol. The molecule has 0 saturated carbocycles. The normalized spacial score (nSPS) is 23.9. The molecule has 0 aliphatic carbocycles. The lowest BCUT2D eigenvalue weighted by Gasteiger charge is -2.35. The first-order valence-corrected chi connectivity index (χ1v) is 15.3. The van der Waals surface area contributed by atoms with E-state index in [0.29, 0.717) is 24.5 Å². The van der Waals surface area contributed by atoms with E-state index in [9.17, 15) is 14.4 Å². The van der Waals surface area contributed by atoms with Gasteiger partial charge in [0.2, 0.25) is 5.91 Å². The van der Waals surface area contributed by atoms with Crippen molar-refractivity contribution >= 4 is 24.2 Å². The van der Waals surface area contributed by atoms with Crippen molar-refractivity contribution in [2.45, 2.75) is 103 Å². The molecule has 0 spiro atoms. The van der Waals surface area contributed by atoms with E-state index >= 15 is 0 Å². The Morgan fingerprint density at radius 1 is 1.19 bits per heavy atom. The summed E-state index contributed by atoms with van der Waals surface area (Å²) in [6.45, 7) is 16.2. The smallest absolute Gasteiger partial charge is 0.435 e. The second-order valence-corrected chi connectivity index (χ2v) is 12.4. The second-order valence-electron chi connectivity index (χ2n) is 12.4. The first-order chi connectivity index (χ1) is 20.5. The fraction of sp³-hybridized carbons (Fsp3) is 0.529. The van der Waals surface area contributed by atoms with Gasteiger partial charge in [-0.2, -0.15) is 4.99 Å². The Morgan fingerprint density at radius 2 is 1.95 bits per heavy atom. The lowest BCUT2D eigenvalue weighted by molar-refractivity contribution is -0.121. The Kier molecular flexibility index (Phi) is 12.3. The molecule has 2 aliphatic heterocycles. The van der Waals surface area contributed by atoms with E-state index in [2.05, 4.69) is 41.0 Å². The third-order valence-corrected chi connectivity index (χ3v) is 8.04. The van der Waals surface area contributed by atoms with Crippen LogP contribution >= 0.6 is 0 Å². The van der Waals surface area contributed by atoms with Crippen LogP contribution in [0.1, 0.15) is 95.0 Å². The molecule has 9 heteroatoms. The standard InChI is InChI=1S/C34H48N4O5/c1-7-27-28(8-2)42-22-26-16-12-10-11-13-18-34(9-3,20-29(39)35-23-36-32(41)43-33(4,5)6)37-21-24-15-14-17-25(19-24)31(40)38-30(26)27/h7-8,14-15,17,19,23,26,30,37H,1-2,9-13,16,18,20-22H2,3-6H3,(H,38,40)(H,35,36,39,41). The van der Waals surface area contributed by atoms with Gasteiger partial charge < -0.3 is 25.4 Å². The summed E-state index contributed by atoms with van der Waals surface area (Å²) in [5.74, 6) is 0.399. The van der Waals surface area contributed by atoms with E-state index < -0.39 is 17.2 Å². The number of carbonyl (C=O) groups is 3. The van der Waals surface area contributed by atoms with E-state index in [-0.39, 0.29) is 30.2 Å². The van der Waals surface area contributed by atoms with Gasteiger partial charge in [0.05, 0.1) is 12.6 Å². The summed E-state index contributed by atoms with van der Waals surface area (Å²) in [7, 11) is 0. The van der Waals surface area contributed by atoms with Crippen molar-refractivity contribution in [2.75, 3.05) is 6.61 Å². The fourth-order valence-electron chi connectivity index (χ4n) is 5.66. The highest BCUT2D eigenvalue weighted by Gasteiger charge is 2.33. The minimum absolute atomic E-state index is 0.124. The number of nitrogens with zero attached hydrogens (tertiary/aromatic N) is 1. The molecule has 43 heavy (non-hydrogen) atoms. The maximum Gasteiger partial charge on any atom is 0.435 e. The number of aliphatic imine (C=N–C) groups is 1. The van der Waals surface area contributed by atoms with Crippen LogP contribution in [-0.2, 0) is 20.8 Å². The number of ether oxygens (including phenoxy) is 2. The van der Waals surface area contributed by atoms with Gasteiger partial charge in [-0.05, 0) is 63.8 Å². The number of nitrogens with one attached hydrogen (secondary N) is 3. The van der Waals surface area contributed by atoms with Crippen LogP contribution in [0.25, 0.3) is 0 Å². The number of carbonyl (C=O) groups excluding carboxylic acids is 3. The SMILES string of the molecule is C=CC1=C(C=C)C2NC(=O)c3cccc(c3)CNC(CC)(CC(=O)N/C=N/C(=O)OC(C)(C)C)CCCCCCC2CO1. The largest absolute Gasteiger partial charge is 0.493 e. The van der Waals surface area contributed by atoms with Crippen molar-refractivity contribution in [3.63, 3.8) is 0 Å². The van der Waals surface area contributed by atoms with Crippen molar-refractivity contribution in [2.24, 2.45) is 10.9 Å². The molecule has 0 radical (unpaired) electrons. The molecule has 2 bridgehead atoms. The van der Waals surface area contributed by atoms with E-state index in [0.717, 1.165) is 62.4 Å². The third-order valence-electron chi connectivity index (χ3n) is 8.04. The summed E-state index contributed by atoms with van der Waals surface area (Å²) < 4.78 is 11.1. The topological polar surface area (TPSA) is 118 Å². The number of allylic oxidation sites excluding steroid dienone is 1. The molecule has 3 rings (SSSR count). The Labute approximate surface area is 256 Å². The van der Waals surface area contributed by atoms with Crippen LogP contribution in [0.2, 0.25) is 0 Å². The van der Waals surface area contributed by atoms with Gasteiger partial charge in [-0.3, -0.25) is 9.59 Å². The molecule has 0 fully saturated rings. The number of hydrogen-bond donors (Lipinski definition) is 3. The summed E-state index contributed by atoms with van der Waals surface area (Å²) >= 11 is 0. The van der Waals surface area contributed by atoms with Gasteiger partial charge in [-0.1, -0.05) is 64.0 Å². The molecule has 3 amide bonds. The fourth-order valence-corrected chi connectivity index (χ4v) is 5.66. The van der Waals surface area contributed by atoms with Crippen LogP contribution in [0.4, 0.5) is 4.79 Å². The van der Waals surface area contributed by atoms with E-state index in [1.54, 1.807) is 32.9 Å². The quantitative estimate of drug-likeness (QED) is 0.271. The van der Waals surface area contributed by atoms with Gasteiger partial charge >= 0.3 is 6.09 Å². The van der Waals surface area contributed by atoms with Crippen LogP contribution in [0, 0.1) is 5.92 Å². The average Bonchev–Trinajstić information content (AvgIpc) is 2.96. The molecule has 2 aliphatic rings. The highest BCUT2D eigenvalue weighted by atomic mass is 16.6. The van der Waals surface area contributed by atoms with Crippen LogP contribution in [0.15, 0.2) is 65.9 Å². The van der Waals surface area contributed by atoms with Crippen molar-refractivity contribution in [1.82, 2.24) is 16.0 Å². The molecule has 3 atom stereocenters. The van der Waals surface area contributed by atoms with Gasteiger partial charge in [0.1, 0.15) is 17.7 Å². The van der Waals surface area contributed by atoms with Gasteiger partial charge in [-0.25, -0.2) is 4.79 Å². The summed E-state index contributed by atoms with van der Waals surface area (Å²) in [6, 6.07) is 7.35. The van der Waals surface area contributed by atoms with Gasteiger partial charge in [0.15, 0.2) is 0 Å². The van der Waals surface area contributed by atoms with Crippen molar-refractivity contribution in [3.05, 3.63) is 72.0 Å². The molecule has 1 aromatic rings. The maximum absolute atomic E-state index is 13.5. The molecule has 0 saturated heterocycles. The molecule has 1 aromatic carbocycles. The zero-order valence-corrected chi connectivity index (χ0v) is 26.2. The molecule has 0 aromatic heterocycles. The maximum atomic E-state index is 13.5. The summed E-state index contributed by atoms with van der Waals surface area (Å²) in [6.07, 6.45) is 10.5. The van der Waals surface area contributed by atoms with Gasteiger partial charge in [0.25, 0.3) is 5.91 Å². The summed E-state index contributed by atoms with van der Waals surface area (Å²) in [5, 5.41) is 9.53. The molecular formula is C34H48N4O5. The van der Waals surface area contributed by atoms with Crippen LogP contribution < -0.4 is 16.0 Å². The van der Waals surface area contributed by atoms with Crippen LogP contribution in [-0.4, -0.2) is 48.0 Å². The summed E-state index contributed by atoms with van der Waals surface area (Å²) in [5.41, 5.74) is 1.24. The number of rotatable bonds is 6. The third kappa shape index (κ3) is 10.2. The van der Waals surface area contributed by atoms with Gasteiger partial charge in [-0.15, -0.1) is 0 Å². The zero-order valence-electron chi connectivity index (χ0n) is 26.2. The predicted molar refractivity (Wildman–Crippen MR) is 170 cm³/mol. The second kappa shape index (κ2) is 15.7. The van der Waals surface area contributed by atoms with E-state index in [1.165, 1.54) is 0 Å². The molecule has 9 nitrogen and oxygen atoms in total. The van der Waals surface area contributed by atoms with Crippen molar-refractivity contribution in [3.8, 4) is 0 Å². The minimum atomic E-state index is -0.756. The first-order valence-electron chi connectivity index (χ1n) is 15.3. The van der Waals surface area contributed by atoms with Crippen molar-refractivity contribution < 1.29 is 23.9 Å². The molecule has 2 heterocycles. The Hall–Kier alpha value is -3.72. The predicted octanol–water partition coefficient (Wildman–Crippen LogP) is 6.12. The Bertz CT molecular complexity index is 1230. The van der Waals surface area contributed by atoms with E-state index in [4.69, 9.17) is 9.47 Å². The number of benzene rings is 1. The molecule has 3 N–H and O–H groups in total. The number of hydrogen-bond acceptors (Lipinski definition) is 6. The van der Waals surface area contributed by atoms with E-state index in [1.807, 2.05) is 24.3 Å². The minimum Gasteiger partial charge on any atom is -0.493 e. The lowest BCUT2D eigenvalue weighted by Crippen LogP contribution is -2.48. The van der Waals surface area contributed by atoms with Crippen LogP contribution in [0.5, 0.6) is 0 Å². The van der Waals surface area contributed by atoms with Gasteiger partial charge in [0, 0.05) is 35.6 Å².